The molecule has 0 unspecified atom stereocenters. The van der Waals surface area contributed by atoms with Crippen molar-refractivity contribution in [3.8, 4) is 0 Å². The first kappa shape index (κ1) is 17.5. The molecule has 0 aliphatic rings. The second kappa shape index (κ2) is 22.4. The number of hydrogen-bond acceptors (Lipinski definition) is 0. The van der Waals surface area contributed by atoms with Crippen LogP contribution in [0, 0.1) is 5.92 Å². The maximum absolute atomic E-state index is 3.00. The van der Waals surface area contributed by atoms with Gasteiger partial charge in [0.1, 0.15) is 0 Å². The van der Waals surface area contributed by atoms with Crippen LogP contribution in [0.25, 0.3) is 0 Å². The molecule has 0 heterocycles. The van der Waals surface area contributed by atoms with Crippen LogP contribution < -0.4 is 0 Å². The molecule has 0 N–H and O–H groups in total. The molecule has 0 rings (SSSR count). The number of allylic oxidation sites excluding steroid dienone is 2. The van der Waals surface area contributed by atoms with Gasteiger partial charge in [-0.25, -0.2) is 0 Å². The summed E-state index contributed by atoms with van der Waals surface area (Å²) in [6, 6.07) is 0. The third-order valence-electron chi connectivity index (χ3n) is 0.691. The Kier molecular flexibility index (Phi) is 32.8. The molecular formula is C12H26. The van der Waals surface area contributed by atoms with E-state index in [9.17, 15) is 0 Å². The highest BCUT2D eigenvalue weighted by atomic mass is 13.7. The summed E-state index contributed by atoms with van der Waals surface area (Å²) < 4.78 is 0. The Labute approximate surface area is 79.4 Å². The zero-order valence-electron chi connectivity index (χ0n) is 9.56. The molecule has 74 valence electrons. The van der Waals surface area contributed by atoms with Crippen LogP contribution in [0.1, 0.15) is 47.5 Å². The molecule has 0 atom stereocenters. The minimum absolute atomic E-state index is 0.833. The van der Waals surface area contributed by atoms with Crippen LogP contribution in [0.5, 0.6) is 0 Å². The summed E-state index contributed by atoms with van der Waals surface area (Å²) in [6.45, 7) is 16.7. The second-order valence-corrected chi connectivity index (χ2v) is 3.09. The fourth-order valence-corrected chi connectivity index (χ4v) is 0.333. The van der Waals surface area contributed by atoms with E-state index in [2.05, 4.69) is 59.9 Å². The zero-order chi connectivity index (χ0) is 10.4. The first-order chi connectivity index (χ1) is 5.65. The van der Waals surface area contributed by atoms with E-state index < -0.39 is 0 Å². The lowest BCUT2D eigenvalue weighted by molar-refractivity contribution is 0.737. The van der Waals surface area contributed by atoms with Gasteiger partial charge < -0.3 is 0 Å². The lowest BCUT2D eigenvalue weighted by Gasteiger charge is -1.79. The highest BCUT2D eigenvalue weighted by Crippen LogP contribution is 1.85. The lowest BCUT2D eigenvalue weighted by Crippen LogP contribution is -1.66. The Morgan fingerprint density at radius 2 is 1.50 bits per heavy atom. The SMILES string of the molecule is C=C.CC(C)C.CC=CCCC. The van der Waals surface area contributed by atoms with Crippen LogP contribution in [0.15, 0.2) is 25.3 Å². The highest BCUT2D eigenvalue weighted by molar-refractivity contribution is 4.75. The summed E-state index contributed by atoms with van der Waals surface area (Å²) in [7, 11) is 0. The van der Waals surface area contributed by atoms with E-state index in [4.69, 9.17) is 0 Å². The summed E-state index contributed by atoms with van der Waals surface area (Å²) in [5.41, 5.74) is 0. The van der Waals surface area contributed by atoms with Gasteiger partial charge in [-0.3, -0.25) is 0 Å². The molecule has 0 spiro atoms. The molecule has 0 aromatic rings. The fraction of sp³-hybridized carbons (Fsp3) is 0.667. The first-order valence-electron chi connectivity index (χ1n) is 4.76. The minimum Gasteiger partial charge on any atom is -0.106 e. The Balaban J connectivity index is -0.000000118. The summed E-state index contributed by atoms with van der Waals surface area (Å²) in [5.74, 6) is 0.833. The predicted molar refractivity (Wildman–Crippen MR) is 61.5 cm³/mol. The largest absolute Gasteiger partial charge is 0.106 e. The second-order valence-electron chi connectivity index (χ2n) is 3.09. The van der Waals surface area contributed by atoms with E-state index in [0.29, 0.717) is 0 Å². The van der Waals surface area contributed by atoms with Gasteiger partial charge in [-0.15, -0.1) is 13.2 Å². The van der Waals surface area contributed by atoms with E-state index >= 15 is 0 Å². The van der Waals surface area contributed by atoms with Gasteiger partial charge in [-0.05, 0) is 19.3 Å². The van der Waals surface area contributed by atoms with Crippen molar-refractivity contribution < 1.29 is 0 Å². The molecule has 0 radical (unpaired) electrons. The molecule has 0 heteroatoms. The topological polar surface area (TPSA) is 0 Å². The van der Waals surface area contributed by atoms with Gasteiger partial charge >= 0.3 is 0 Å². The third kappa shape index (κ3) is 111. The van der Waals surface area contributed by atoms with E-state index in [0.717, 1.165) is 5.92 Å². The van der Waals surface area contributed by atoms with Crippen molar-refractivity contribution in [1.29, 1.82) is 0 Å². The van der Waals surface area contributed by atoms with E-state index in [1.165, 1.54) is 12.8 Å². The molecule has 0 saturated heterocycles. The molecule has 0 aliphatic carbocycles. The maximum atomic E-state index is 3.00. The molecule has 0 aromatic heterocycles. The molecule has 0 saturated carbocycles. The van der Waals surface area contributed by atoms with Crippen LogP contribution in [-0.4, -0.2) is 0 Å². The van der Waals surface area contributed by atoms with Gasteiger partial charge in [0.05, 0.1) is 0 Å². The van der Waals surface area contributed by atoms with E-state index in [1.807, 2.05) is 0 Å². The monoisotopic (exact) mass is 170 g/mol. The van der Waals surface area contributed by atoms with Crippen molar-refractivity contribution in [3.05, 3.63) is 25.3 Å². The van der Waals surface area contributed by atoms with Crippen LogP contribution in [0.3, 0.4) is 0 Å². The molecular weight excluding hydrogens is 144 g/mol. The summed E-state index contributed by atoms with van der Waals surface area (Å²) >= 11 is 0. The average Bonchev–Trinajstić information content (AvgIpc) is 2.04. The summed E-state index contributed by atoms with van der Waals surface area (Å²) in [4.78, 5) is 0. The van der Waals surface area contributed by atoms with Crippen molar-refractivity contribution >= 4 is 0 Å². The average molecular weight is 170 g/mol. The molecule has 0 bridgehead atoms. The molecule has 0 amide bonds. The number of hydrogen-bond donors (Lipinski definition) is 0. The molecule has 0 aliphatic heterocycles. The fourth-order valence-electron chi connectivity index (χ4n) is 0.333. The van der Waals surface area contributed by atoms with Crippen LogP contribution in [0.2, 0.25) is 0 Å². The Morgan fingerprint density at radius 1 is 1.17 bits per heavy atom. The first-order valence-corrected chi connectivity index (χ1v) is 4.76. The van der Waals surface area contributed by atoms with Crippen LogP contribution in [0.4, 0.5) is 0 Å². The highest BCUT2D eigenvalue weighted by Gasteiger charge is 1.68. The van der Waals surface area contributed by atoms with Crippen LogP contribution in [-0.2, 0) is 0 Å². The van der Waals surface area contributed by atoms with Gasteiger partial charge in [0.15, 0.2) is 0 Å². The Morgan fingerprint density at radius 3 is 1.58 bits per heavy atom. The van der Waals surface area contributed by atoms with Gasteiger partial charge in [-0.2, -0.15) is 0 Å². The Bertz CT molecular complexity index is 67.4. The minimum atomic E-state index is 0.833. The Hall–Kier alpha value is -0.520. The smallest absolute Gasteiger partial charge is 0.0353 e. The summed E-state index contributed by atoms with van der Waals surface area (Å²) in [5, 5.41) is 0. The van der Waals surface area contributed by atoms with E-state index in [1.54, 1.807) is 0 Å². The normalized spacial score (nSPS) is 8.50. The lowest BCUT2D eigenvalue weighted by atomic mass is 10.3. The van der Waals surface area contributed by atoms with Gasteiger partial charge in [0.25, 0.3) is 0 Å². The summed E-state index contributed by atoms with van der Waals surface area (Å²) in [6.07, 6.45) is 6.77. The third-order valence-corrected chi connectivity index (χ3v) is 0.691. The number of rotatable bonds is 2. The van der Waals surface area contributed by atoms with Crippen LogP contribution >= 0.6 is 0 Å². The quantitative estimate of drug-likeness (QED) is 0.521. The molecule has 12 heavy (non-hydrogen) atoms. The van der Waals surface area contributed by atoms with Gasteiger partial charge in [-0.1, -0.05) is 46.3 Å². The van der Waals surface area contributed by atoms with E-state index in [-0.39, 0.29) is 0 Å². The zero-order valence-corrected chi connectivity index (χ0v) is 9.56. The van der Waals surface area contributed by atoms with Gasteiger partial charge in [0, 0.05) is 0 Å². The number of unbranched alkanes of at least 4 members (excludes halogenated alkanes) is 1. The standard InChI is InChI=1S/C6H12.C4H10.C2H4/c1-3-5-6-4-2;1-4(2)3;1-2/h3,5H,4,6H2,1-2H3;4H,1-3H3;1-2H2. The molecule has 0 nitrogen and oxygen atoms in total. The maximum Gasteiger partial charge on any atom is -0.0353 e. The molecule has 0 fully saturated rings. The van der Waals surface area contributed by atoms with Crippen molar-refractivity contribution in [2.24, 2.45) is 5.92 Å². The molecule has 0 aromatic carbocycles. The van der Waals surface area contributed by atoms with Crippen molar-refractivity contribution in [3.63, 3.8) is 0 Å². The van der Waals surface area contributed by atoms with Gasteiger partial charge in [0.2, 0.25) is 0 Å². The van der Waals surface area contributed by atoms with Crippen molar-refractivity contribution in [2.45, 2.75) is 47.5 Å². The predicted octanol–water partition coefficient (Wildman–Crippen LogP) is 4.83. The van der Waals surface area contributed by atoms with Crippen molar-refractivity contribution in [1.82, 2.24) is 0 Å². The van der Waals surface area contributed by atoms with Crippen molar-refractivity contribution in [2.75, 3.05) is 0 Å².